The summed E-state index contributed by atoms with van der Waals surface area (Å²) in [7, 11) is 0. The second kappa shape index (κ2) is 13.3. The highest BCUT2D eigenvalue weighted by Gasteiger charge is 2.10. The maximum absolute atomic E-state index is 6.62. The summed E-state index contributed by atoms with van der Waals surface area (Å²) < 4.78 is 0. The molecule has 0 saturated heterocycles. The van der Waals surface area contributed by atoms with Crippen molar-refractivity contribution in [3.8, 4) is 0 Å². The van der Waals surface area contributed by atoms with E-state index in [9.17, 15) is 0 Å². The van der Waals surface area contributed by atoms with Crippen LogP contribution >= 0.6 is 0 Å². The molecule has 0 atom stereocenters. The molecular formula is C40H42N4. The number of aromatic nitrogens is 2. The van der Waals surface area contributed by atoms with Crippen LogP contribution in [0.15, 0.2) is 72.0 Å². The Morgan fingerprint density at radius 3 is 2.43 bits per heavy atom. The van der Waals surface area contributed by atoms with Crippen molar-refractivity contribution in [3.63, 3.8) is 0 Å². The standard InChI is InChI=1S/C40H42N4/c1-4-5-9-14-28-19-21-32-31-16-11-6-7-12-18-35(31)40(44-38(32)24-28)42-30-15-10-8-13-17-34-36(26-30)33-22-20-29(23-27(2)3)25-37(33)43-39(34)41/h6,9,11,14-26H,4-5,7-8,10,12-13H2,1-3H3,(H2,41,43)(H,42,44)/b11-6-,14-9+,30-15+,31-16-,34-17?,35-18+,36-26-. The zero-order valence-electron chi connectivity index (χ0n) is 26.2. The molecule has 0 radical (unpaired) electrons. The molecule has 2 heterocycles. The molecule has 2 aromatic carbocycles. The summed E-state index contributed by atoms with van der Waals surface area (Å²) in [6.07, 6.45) is 29.6. The van der Waals surface area contributed by atoms with E-state index in [4.69, 9.17) is 15.7 Å². The smallest absolute Gasteiger partial charge is 0.138 e. The van der Waals surface area contributed by atoms with Crippen molar-refractivity contribution in [3.05, 3.63) is 104 Å². The zero-order chi connectivity index (χ0) is 30.5. The predicted octanol–water partition coefficient (Wildman–Crippen LogP) is 7.25. The average molecular weight is 579 g/mol. The van der Waals surface area contributed by atoms with E-state index in [0.717, 1.165) is 94.1 Å². The highest BCUT2D eigenvalue weighted by atomic mass is 15.0. The minimum absolute atomic E-state index is 0.576. The first kappa shape index (κ1) is 29.4. The van der Waals surface area contributed by atoms with Gasteiger partial charge in [0.2, 0.25) is 0 Å². The Morgan fingerprint density at radius 2 is 1.59 bits per heavy atom. The Morgan fingerprint density at radius 1 is 0.841 bits per heavy atom. The van der Waals surface area contributed by atoms with E-state index >= 15 is 0 Å². The van der Waals surface area contributed by atoms with Crippen molar-refractivity contribution in [2.75, 3.05) is 11.1 Å². The lowest BCUT2D eigenvalue weighted by Gasteiger charge is -2.13. The fourth-order valence-electron chi connectivity index (χ4n) is 6.07. The Kier molecular flexibility index (Phi) is 8.88. The van der Waals surface area contributed by atoms with E-state index in [1.807, 2.05) is 0 Å². The van der Waals surface area contributed by atoms with Gasteiger partial charge >= 0.3 is 0 Å². The van der Waals surface area contributed by atoms with Crippen LogP contribution in [0.3, 0.4) is 0 Å². The fraction of sp³-hybridized carbons (Fsp3) is 0.250. The van der Waals surface area contributed by atoms with Crippen LogP contribution in [-0.4, -0.2) is 9.97 Å². The van der Waals surface area contributed by atoms with Crippen LogP contribution in [0, 0.1) is 0 Å². The number of fused-ring (bicyclic) bond motifs is 6. The summed E-state index contributed by atoms with van der Waals surface area (Å²) in [5.41, 5.74) is 13.1. The molecule has 3 N–H and O–H groups in total. The van der Waals surface area contributed by atoms with E-state index in [1.165, 1.54) is 21.7 Å². The summed E-state index contributed by atoms with van der Waals surface area (Å²) in [6.45, 7) is 6.43. The zero-order valence-corrected chi connectivity index (χ0v) is 26.2. The Balaban J connectivity index is 1.54. The van der Waals surface area contributed by atoms with Crippen LogP contribution in [0.2, 0.25) is 0 Å². The molecular weight excluding hydrogens is 536 g/mol. The number of unbranched alkanes of at least 4 members (excludes halogenated alkanes) is 1. The first-order valence-electron chi connectivity index (χ1n) is 16.0. The highest BCUT2D eigenvalue weighted by Crippen LogP contribution is 2.18. The van der Waals surface area contributed by atoms with Crippen molar-refractivity contribution in [1.29, 1.82) is 0 Å². The Bertz CT molecular complexity index is 2110. The SMILES string of the molecule is CCC/C=C/c1ccc2c3/c(c(NC4=C/CCCC=c5c(N)nc6cc(C=C(C)C)ccc6\c5=C\4)nc2c1)=C\CC/C=C\C=3. The molecule has 0 amide bonds. The molecule has 222 valence electrons. The molecule has 0 unspecified atom stereocenters. The molecule has 4 heteroatoms. The van der Waals surface area contributed by atoms with Crippen LogP contribution in [0.4, 0.5) is 11.6 Å². The lowest BCUT2D eigenvalue weighted by Crippen LogP contribution is -2.32. The van der Waals surface area contributed by atoms with Crippen molar-refractivity contribution in [2.45, 2.75) is 65.7 Å². The lowest BCUT2D eigenvalue weighted by atomic mass is 10.0. The number of nitrogens with two attached hydrogens (primary N) is 1. The van der Waals surface area contributed by atoms with Gasteiger partial charge in [0, 0.05) is 26.9 Å². The molecule has 2 aliphatic carbocycles. The van der Waals surface area contributed by atoms with E-state index in [0.29, 0.717) is 5.82 Å². The first-order valence-corrected chi connectivity index (χ1v) is 16.0. The molecule has 4 nitrogen and oxygen atoms in total. The molecule has 0 spiro atoms. The maximum Gasteiger partial charge on any atom is 0.138 e. The molecule has 4 aromatic rings. The molecule has 44 heavy (non-hydrogen) atoms. The van der Waals surface area contributed by atoms with Gasteiger partial charge in [0.1, 0.15) is 11.6 Å². The van der Waals surface area contributed by atoms with Gasteiger partial charge in [-0.3, -0.25) is 0 Å². The molecule has 0 aliphatic heterocycles. The number of nitrogen functional groups attached to an aromatic ring is 1. The van der Waals surface area contributed by atoms with Crippen molar-refractivity contribution in [1.82, 2.24) is 9.97 Å². The third-order valence-corrected chi connectivity index (χ3v) is 8.19. The molecule has 2 aliphatic rings. The van der Waals surface area contributed by atoms with Gasteiger partial charge in [-0.05, 0) is 92.1 Å². The Hall–Kier alpha value is -4.70. The van der Waals surface area contributed by atoms with E-state index in [2.05, 4.69) is 123 Å². The van der Waals surface area contributed by atoms with E-state index < -0.39 is 0 Å². The van der Waals surface area contributed by atoms with Crippen LogP contribution in [0.5, 0.6) is 0 Å². The third kappa shape index (κ3) is 6.45. The van der Waals surface area contributed by atoms with Crippen LogP contribution in [-0.2, 0) is 0 Å². The minimum Gasteiger partial charge on any atom is -0.383 e. The van der Waals surface area contributed by atoms with Gasteiger partial charge in [-0.2, -0.15) is 0 Å². The monoisotopic (exact) mass is 578 g/mol. The second-order valence-corrected chi connectivity index (χ2v) is 12.0. The summed E-state index contributed by atoms with van der Waals surface area (Å²) in [6, 6.07) is 13.1. The molecule has 0 fully saturated rings. The lowest BCUT2D eigenvalue weighted by molar-refractivity contribution is 0.889. The molecule has 0 saturated carbocycles. The largest absolute Gasteiger partial charge is 0.383 e. The van der Waals surface area contributed by atoms with Gasteiger partial charge in [-0.25, -0.2) is 9.97 Å². The number of nitrogens with zero attached hydrogens (tertiary/aromatic N) is 2. The fourth-order valence-corrected chi connectivity index (χ4v) is 6.07. The van der Waals surface area contributed by atoms with Gasteiger partial charge in [0.05, 0.1) is 11.0 Å². The summed E-state index contributed by atoms with van der Waals surface area (Å²) in [5, 5.41) is 10.5. The maximum atomic E-state index is 6.62. The average Bonchev–Trinajstić information content (AvgIpc) is 3.08. The van der Waals surface area contributed by atoms with Crippen LogP contribution in [0.1, 0.15) is 76.8 Å². The predicted molar refractivity (Wildman–Crippen MR) is 191 cm³/mol. The van der Waals surface area contributed by atoms with Gasteiger partial charge in [0.25, 0.3) is 0 Å². The number of rotatable bonds is 6. The van der Waals surface area contributed by atoms with Crippen LogP contribution < -0.4 is 31.9 Å². The molecule has 0 bridgehead atoms. The summed E-state index contributed by atoms with van der Waals surface area (Å²) >= 11 is 0. The van der Waals surface area contributed by atoms with E-state index in [-0.39, 0.29) is 0 Å². The number of anilines is 2. The quantitative estimate of drug-likeness (QED) is 0.253. The van der Waals surface area contributed by atoms with Crippen molar-refractivity contribution < 1.29 is 0 Å². The highest BCUT2D eigenvalue weighted by molar-refractivity contribution is 5.87. The number of hydrogen-bond acceptors (Lipinski definition) is 4. The molecule has 6 rings (SSSR count). The first-order chi connectivity index (χ1) is 21.5. The van der Waals surface area contributed by atoms with Gasteiger partial charge in [-0.1, -0.05) is 97.9 Å². The van der Waals surface area contributed by atoms with Gasteiger partial charge in [-0.15, -0.1) is 0 Å². The number of hydrogen-bond donors (Lipinski definition) is 2. The van der Waals surface area contributed by atoms with E-state index in [1.54, 1.807) is 0 Å². The molecule has 2 aromatic heterocycles. The Labute approximate surface area is 260 Å². The van der Waals surface area contributed by atoms with Crippen molar-refractivity contribution in [2.24, 2.45) is 0 Å². The second-order valence-electron chi connectivity index (χ2n) is 12.0. The number of benzene rings is 2. The summed E-state index contributed by atoms with van der Waals surface area (Å²) in [5.74, 6) is 1.46. The van der Waals surface area contributed by atoms with Gasteiger partial charge in [0.15, 0.2) is 0 Å². The number of pyridine rings is 2. The van der Waals surface area contributed by atoms with Gasteiger partial charge < -0.3 is 11.1 Å². The number of allylic oxidation sites excluding steroid dienone is 6. The number of nitrogens with one attached hydrogen (secondary N) is 1. The van der Waals surface area contributed by atoms with Crippen molar-refractivity contribution >= 4 is 69.9 Å². The summed E-state index contributed by atoms with van der Waals surface area (Å²) in [4.78, 5) is 10.1. The normalized spacial score (nSPS) is 19.0. The van der Waals surface area contributed by atoms with Crippen LogP contribution in [0.25, 0.3) is 58.3 Å². The third-order valence-electron chi connectivity index (χ3n) is 8.19. The topological polar surface area (TPSA) is 63.8 Å². The minimum atomic E-state index is 0.576.